The second-order valence-corrected chi connectivity index (χ2v) is 3.55. The predicted octanol–water partition coefficient (Wildman–Crippen LogP) is 1.65. The third kappa shape index (κ3) is 2.20. The second-order valence-electron chi connectivity index (χ2n) is 3.55. The number of non-ortho nitro benzene ring substituents is 1. The highest BCUT2D eigenvalue weighted by Gasteiger charge is 2.06. The first kappa shape index (κ1) is 11.0. The number of aryl methyl sites for hydroxylation is 1. The lowest BCUT2D eigenvalue weighted by atomic mass is 10.2. The lowest BCUT2D eigenvalue weighted by Crippen LogP contribution is -2.11. The van der Waals surface area contributed by atoms with Crippen molar-refractivity contribution in [1.82, 2.24) is 9.97 Å². The van der Waals surface area contributed by atoms with Gasteiger partial charge in [-0.2, -0.15) is 0 Å². The summed E-state index contributed by atoms with van der Waals surface area (Å²) in [5, 5.41) is 10.5. The van der Waals surface area contributed by atoms with Crippen molar-refractivity contribution in [3.8, 4) is 11.4 Å². The largest absolute Gasteiger partial charge is 0.306 e. The van der Waals surface area contributed by atoms with Crippen molar-refractivity contribution in [2.45, 2.75) is 6.92 Å². The second kappa shape index (κ2) is 4.17. The molecule has 86 valence electrons. The fourth-order valence-corrected chi connectivity index (χ4v) is 1.35. The average molecular weight is 231 g/mol. The number of nitrogens with one attached hydrogen (secondary N) is 1. The van der Waals surface area contributed by atoms with Crippen LogP contribution in [0, 0.1) is 17.0 Å². The molecule has 17 heavy (non-hydrogen) atoms. The molecule has 0 atom stereocenters. The van der Waals surface area contributed by atoms with Gasteiger partial charge in [0.25, 0.3) is 11.2 Å². The van der Waals surface area contributed by atoms with Gasteiger partial charge < -0.3 is 4.98 Å². The van der Waals surface area contributed by atoms with E-state index in [1.807, 2.05) is 0 Å². The van der Waals surface area contributed by atoms with Gasteiger partial charge >= 0.3 is 0 Å². The van der Waals surface area contributed by atoms with E-state index in [1.165, 1.54) is 18.3 Å². The summed E-state index contributed by atoms with van der Waals surface area (Å²) in [5.74, 6) is 0.399. The zero-order chi connectivity index (χ0) is 12.4. The number of benzene rings is 1. The maximum absolute atomic E-state index is 11.4. The molecular formula is C11H9N3O3. The summed E-state index contributed by atoms with van der Waals surface area (Å²) in [6.45, 7) is 1.66. The third-order valence-corrected chi connectivity index (χ3v) is 2.33. The van der Waals surface area contributed by atoms with Crippen LogP contribution in [0.4, 0.5) is 5.69 Å². The quantitative estimate of drug-likeness (QED) is 0.628. The summed E-state index contributed by atoms with van der Waals surface area (Å²) in [5.41, 5.74) is 0.944. The number of nitrogens with zero attached hydrogens (tertiary/aromatic N) is 2. The number of rotatable bonds is 2. The number of nitro groups is 1. The molecule has 0 amide bonds. The summed E-state index contributed by atoms with van der Waals surface area (Å²) in [7, 11) is 0. The van der Waals surface area contributed by atoms with Crippen LogP contribution < -0.4 is 5.56 Å². The van der Waals surface area contributed by atoms with E-state index in [-0.39, 0.29) is 11.2 Å². The van der Waals surface area contributed by atoms with Crippen molar-refractivity contribution in [1.29, 1.82) is 0 Å². The zero-order valence-electron chi connectivity index (χ0n) is 9.01. The molecular weight excluding hydrogens is 222 g/mol. The van der Waals surface area contributed by atoms with E-state index in [1.54, 1.807) is 19.1 Å². The molecule has 6 nitrogen and oxygen atoms in total. The molecule has 2 aromatic rings. The predicted molar refractivity (Wildman–Crippen MR) is 61.7 cm³/mol. The van der Waals surface area contributed by atoms with Crippen LogP contribution in [0.15, 0.2) is 35.3 Å². The molecule has 2 rings (SSSR count). The third-order valence-electron chi connectivity index (χ3n) is 2.33. The lowest BCUT2D eigenvalue weighted by Gasteiger charge is -2.00. The molecule has 0 radical (unpaired) electrons. The number of aromatic nitrogens is 2. The Morgan fingerprint density at radius 1 is 1.29 bits per heavy atom. The van der Waals surface area contributed by atoms with Crippen molar-refractivity contribution in [2.75, 3.05) is 0 Å². The highest BCUT2D eigenvalue weighted by Crippen LogP contribution is 2.18. The van der Waals surface area contributed by atoms with Crippen LogP contribution in [0.2, 0.25) is 0 Å². The fourth-order valence-electron chi connectivity index (χ4n) is 1.35. The highest BCUT2D eigenvalue weighted by atomic mass is 16.6. The van der Waals surface area contributed by atoms with Crippen molar-refractivity contribution in [2.24, 2.45) is 0 Å². The van der Waals surface area contributed by atoms with Crippen LogP contribution in [-0.2, 0) is 0 Å². The number of hydrogen-bond acceptors (Lipinski definition) is 4. The Labute approximate surface area is 96.1 Å². The first-order valence-corrected chi connectivity index (χ1v) is 4.88. The Balaban J connectivity index is 2.43. The summed E-state index contributed by atoms with van der Waals surface area (Å²) in [6.07, 6.45) is 1.47. The molecule has 0 aliphatic heterocycles. The molecule has 0 aliphatic rings. The minimum Gasteiger partial charge on any atom is -0.306 e. The fraction of sp³-hybridized carbons (Fsp3) is 0.0909. The normalized spacial score (nSPS) is 10.2. The first-order valence-electron chi connectivity index (χ1n) is 4.88. The van der Waals surface area contributed by atoms with Crippen LogP contribution in [0.3, 0.4) is 0 Å². The van der Waals surface area contributed by atoms with Crippen molar-refractivity contribution >= 4 is 5.69 Å². The Morgan fingerprint density at radius 2 is 1.94 bits per heavy atom. The van der Waals surface area contributed by atoms with E-state index in [0.29, 0.717) is 17.0 Å². The van der Waals surface area contributed by atoms with Crippen LogP contribution in [0.5, 0.6) is 0 Å². The van der Waals surface area contributed by atoms with Gasteiger partial charge in [0.15, 0.2) is 0 Å². The molecule has 0 saturated heterocycles. The highest BCUT2D eigenvalue weighted by molar-refractivity contribution is 5.56. The Hall–Kier alpha value is -2.50. The van der Waals surface area contributed by atoms with Crippen LogP contribution in [0.1, 0.15) is 5.56 Å². The van der Waals surface area contributed by atoms with Crippen molar-refractivity contribution in [3.05, 3.63) is 56.5 Å². The average Bonchev–Trinajstić information content (AvgIpc) is 2.33. The van der Waals surface area contributed by atoms with Crippen LogP contribution >= 0.6 is 0 Å². The summed E-state index contributed by atoms with van der Waals surface area (Å²) in [4.78, 5) is 28.0. The number of aromatic amines is 1. The number of hydrogen-bond donors (Lipinski definition) is 1. The number of H-pyrrole nitrogens is 1. The van der Waals surface area contributed by atoms with Gasteiger partial charge in [-0.25, -0.2) is 4.98 Å². The van der Waals surface area contributed by atoms with Gasteiger partial charge in [0.1, 0.15) is 5.82 Å². The van der Waals surface area contributed by atoms with Gasteiger partial charge in [-0.3, -0.25) is 14.9 Å². The monoisotopic (exact) mass is 231 g/mol. The smallest absolute Gasteiger partial charge is 0.269 e. The van der Waals surface area contributed by atoms with Gasteiger partial charge in [0, 0.05) is 29.5 Å². The van der Waals surface area contributed by atoms with E-state index in [0.717, 1.165) is 0 Å². The molecule has 1 heterocycles. The Morgan fingerprint density at radius 3 is 2.47 bits per heavy atom. The molecule has 6 heteroatoms. The minimum absolute atomic E-state index is 0.00297. The Kier molecular flexibility index (Phi) is 2.70. The van der Waals surface area contributed by atoms with E-state index in [9.17, 15) is 14.9 Å². The molecule has 0 aliphatic carbocycles. The lowest BCUT2D eigenvalue weighted by molar-refractivity contribution is -0.384. The number of nitro benzene ring substituents is 1. The van der Waals surface area contributed by atoms with Gasteiger partial charge in [0.2, 0.25) is 0 Å². The van der Waals surface area contributed by atoms with E-state index >= 15 is 0 Å². The SMILES string of the molecule is Cc1cnc(-c2ccc([N+](=O)[O-])cc2)[nH]c1=O. The topological polar surface area (TPSA) is 88.9 Å². The van der Waals surface area contributed by atoms with Gasteiger partial charge in [0.05, 0.1) is 4.92 Å². The summed E-state index contributed by atoms with van der Waals surface area (Å²) < 4.78 is 0. The molecule has 0 fully saturated rings. The standard InChI is InChI=1S/C11H9N3O3/c1-7-6-12-10(13-11(7)15)8-2-4-9(5-3-8)14(16)17/h2-6H,1H3,(H,12,13,15). The van der Waals surface area contributed by atoms with Crippen molar-refractivity contribution in [3.63, 3.8) is 0 Å². The van der Waals surface area contributed by atoms with Crippen molar-refractivity contribution < 1.29 is 4.92 Å². The van der Waals surface area contributed by atoms with Gasteiger partial charge in [-0.15, -0.1) is 0 Å². The molecule has 0 saturated carbocycles. The molecule has 1 aromatic heterocycles. The molecule has 1 N–H and O–H groups in total. The Bertz CT molecular complexity index is 617. The molecule has 0 bridgehead atoms. The maximum Gasteiger partial charge on any atom is 0.269 e. The summed E-state index contributed by atoms with van der Waals surface area (Å²) >= 11 is 0. The first-order chi connectivity index (χ1) is 8.08. The summed E-state index contributed by atoms with van der Waals surface area (Å²) in [6, 6.07) is 5.84. The molecule has 0 spiro atoms. The molecule has 1 aromatic carbocycles. The van der Waals surface area contributed by atoms with Gasteiger partial charge in [-0.05, 0) is 19.1 Å². The van der Waals surface area contributed by atoms with Crippen LogP contribution in [0.25, 0.3) is 11.4 Å². The van der Waals surface area contributed by atoms with Gasteiger partial charge in [-0.1, -0.05) is 0 Å². The van der Waals surface area contributed by atoms with E-state index in [4.69, 9.17) is 0 Å². The molecule has 0 unspecified atom stereocenters. The maximum atomic E-state index is 11.4. The van der Waals surface area contributed by atoms with E-state index in [2.05, 4.69) is 9.97 Å². The van der Waals surface area contributed by atoms with Crippen LogP contribution in [-0.4, -0.2) is 14.9 Å². The minimum atomic E-state index is -0.477. The van der Waals surface area contributed by atoms with E-state index < -0.39 is 4.92 Å². The zero-order valence-corrected chi connectivity index (χ0v) is 9.01.